The Balaban J connectivity index is 0.00000161. The van der Waals surface area contributed by atoms with Crippen LogP contribution < -0.4 is 11.1 Å². The quantitative estimate of drug-likeness (QED) is 0.811. The average Bonchev–Trinajstić information content (AvgIpc) is 2.78. The second-order valence-corrected chi connectivity index (χ2v) is 5.94. The number of nitrogens with two attached hydrogens (primary N) is 1. The van der Waals surface area contributed by atoms with E-state index in [1.165, 1.54) is 16.6 Å². The smallest absolute Gasteiger partial charge is 0.220 e. The normalized spacial score (nSPS) is 18.9. The van der Waals surface area contributed by atoms with E-state index in [2.05, 4.69) is 10.3 Å². The van der Waals surface area contributed by atoms with Crippen LogP contribution >= 0.6 is 24.0 Å². The van der Waals surface area contributed by atoms with E-state index in [4.69, 9.17) is 17.3 Å². The molecule has 0 saturated carbocycles. The number of H-pyrrole nitrogens is 1. The van der Waals surface area contributed by atoms with Gasteiger partial charge in [-0.05, 0) is 43.1 Å². The van der Waals surface area contributed by atoms with Gasteiger partial charge in [-0.15, -0.1) is 12.4 Å². The Morgan fingerprint density at radius 3 is 3.00 bits per heavy atom. The van der Waals surface area contributed by atoms with Gasteiger partial charge in [-0.25, -0.2) is 0 Å². The van der Waals surface area contributed by atoms with Crippen molar-refractivity contribution in [2.45, 2.75) is 25.8 Å². The molecule has 3 rings (SSSR count). The molecule has 0 spiro atoms. The van der Waals surface area contributed by atoms with Gasteiger partial charge in [0.25, 0.3) is 0 Å². The number of rotatable bonds is 3. The fourth-order valence-corrected chi connectivity index (χ4v) is 3.12. The number of nitrogens with one attached hydrogen (secondary N) is 2. The number of aromatic amines is 1. The second-order valence-electron chi connectivity index (χ2n) is 5.50. The van der Waals surface area contributed by atoms with Gasteiger partial charge < -0.3 is 16.0 Å². The number of aromatic nitrogens is 1. The summed E-state index contributed by atoms with van der Waals surface area (Å²) < 4.78 is 0. The maximum atomic E-state index is 11.3. The van der Waals surface area contributed by atoms with Gasteiger partial charge in [0.05, 0.1) is 0 Å². The Morgan fingerprint density at radius 1 is 1.52 bits per heavy atom. The standard InChI is InChI=1S/C15H18ClN3O.ClH/c1-8(15(17)20)6-13-14-10(4-5-18-13)11-7-9(16)2-3-12(11)19-14;/h2-3,7-8,13,18-19H,4-6H2,1H3,(H2,17,20);1H. The number of amides is 1. The van der Waals surface area contributed by atoms with Crippen LogP contribution in [-0.2, 0) is 11.2 Å². The van der Waals surface area contributed by atoms with Crippen molar-refractivity contribution in [3.8, 4) is 0 Å². The Kier molecular flexibility index (Phi) is 4.81. The van der Waals surface area contributed by atoms with E-state index in [0.29, 0.717) is 6.42 Å². The van der Waals surface area contributed by atoms with Crippen molar-refractivity contribution >= 4 is 40.8 Å². The monoisotopic (exact) mass is 327 g/mol. The zero-order valence-electron chi connectivity index (χ0n) is 11.8. The SMILES string of the molecule is CC(CC1NCCc2c1[nH]c1ccc(Cl)cc21)C(N)=O.Cl. The summed E-state index contributed by atoms with van der Waals surface area (Å²) in [6, 6.07) is 6.05. The lowest BCUT2D eigenvalue weighted by molar-refractivity contribution is -0.121. The molecule has 0 fully saturated rings. The van der Waals surface area contributed by atoms with Gasteiger partial charge in [0, 0.05) is 33.6 Å². The molecule has 0 radical (unpaired) electrons. The van der Waals surface area contributed by atoms with Crippen LogP contribution in [0.1, 0.15) is 30.6 Å². The van der Waals surface area contributed by atoms with Gasteiger partial charge in [-0.2, -0.15) is 0 Å². The lowest BCUT2D eigenvalue weighted by atomic mass is 9.92. The van der Waals surface area contributed by atoms with E-state index in [0.717, 1.165) is 23.5 Å². The van der Waals surface area contributed by atoms with Crippen LogP contribution in [0.4, 0.5) is 0 Å². The summed E-state index contributed by atoms with van der Waals surface area (Å²) in [7, 11) is 0. The van der Waals surface area contributed by atoms with Crippen LogP contribution in [0.15, 0.2) is 18.2 Å². The summed E-state index contributed by atoms with van der Waals surface area (Å²) in [5.41, 5.74) is 8.95. The molecule has 1 aromatic carbocycles. The number of carbonyl (C=O) groups excluding carboxylic acids is 1. The van der Waals surface area contributed by atoms with Crippen molar-refractivity contribution < 1.29 is 4.79 Å². The lowest BCUT2D eigenvalue weighted by Gasteiger charge is -2.26. The molecule has 1 aliphatic heterocycles. The van der Waals surface area contributed by atoms with E-state index in [-0.39, 0.29) is 30.3 Å². The van der Waals surface area contributed by atoms with Gasteiger partial charge in [0.15, 0.2) is 0 Å². The van der Waals surface area contributed by atoms with Crippen LogP contribution in [0.5, 0.6) is 0 Å². The fraction of sp³-hybridized carbons (Fsp3) is 0.400. The second kappa shape index (κ2) is 6.26. The van der Waals surface area contributed by atoms with Crippen LogP contribution in [0, 0.1) is 5.92 Å². The molecule has 0 saturated heterocycles. The van der Waals surface area contributed by atoms with Crippen LogP contribution in [0.3, 0.4) is 0 Å². The molecule has 6 heteroatoms. The first-order valence-corrected chi connectivity index (χ1v) is 7.26. The fourth-order valence-electron chi connectivity index (χ4n) is 2.95. The van der Waals surface area contributed by atoms with Crippen LogP contribution in [-0.4, -0.2) is 17.4 Å². The van der Waals surface area contributed by atoms with Crippen molar-refractivity contribution in [2.75, 3.05) is 6.54 Å². The third-order valence-corrected chi connectivity index (χ3v) is 4.33. The molecule has 0 aliphatic carbocycles. The first-order chi connectivity index (χ1) is 9.56. The first kappa shape index (κ1) is 16.1. The molecular weight excluding hydrogens is 309 g/mol. The molecule has 21 heavy (non-hydrogen) atoms. The van der Waals surface area contributed by atoms with Crippen molar-refractivity contribution in [1.29, 1.82) is 0 Å². The van der Waals surface area contributed by atoms with E-state index in [1.54, 1.807) is 0 Å². The predicted octanol–water partition coefficient (Wildman–Crippen LogP) is 2.94. The molecule has 2 atom stereocenters. The molecule has 2 unspecified atom stereocenters. The van der Waals surface area contributed by atoms with Crippen molar-refractivity contribution in [3.63, 3.8) is 0 Å². The molecule has 2 heterocycles. The Labute approximate surface area is 134 Å². The molecule has 2 aromatic rings. The van der Waals surface area contributed by atoms with Gasteiger partial charge in [0.1, 0.15) is 0 Å². The number of benzene rings is 1. The zero-order valence-corrected chi connectivity index (χ0v) is 13.4. The maximum absolute atomic E-state index is 11.3. The molecule has 0 bridgehead atoms. The molecule has 1 amide bonds. The highest BCUT2D eigenvalue weighted by Crippen LogP contribution is 2.34. The van der Waals surface area contributed by atoms with Gasteiger partial charge in [0.2, 0.25) is 5.91 Å². The third kappa shape index (κ3) is 3.03. The van der Waals surface area contributed by atoms with Crippen molar-refractivity contribution in [1.82, 2.24) is 10.3 Å². The number of primary amides is 1. The number of fused-ring (bicyclic) bond motifs is 3. The number of carbonyl (C=O) groups is 1. The average molecular weight is 328 g/mol. The summed E-state index contributed by atoms with van der Waals surface area (Å²) in [5, 5.41) is 5.40. The predicted molar refractivity (Wildman–Crippen MR) is 88.0 cm³/mol. The first-order valence-electron chi connectivity index (χ1n) is 6.89. The summed E-state index contributed by atoms with van der Waals surface area (Å²) in [6.07, 6.45) is 1.68. The molecule has 114 valence electrons. The van der Waals surface area contributed by atoms with Crippen LogP contribution in [0.25, 0.3) is 10.9 Å². The highest BCUT2D eigenvalue weighted by Gasteiger charge is 2.26. The third-order valence-electron chi connectivity index (χ3n) is 4.09. The Morgan fingerprint density at radius 2 is 2.29 bits per heavy atom. The number of halogens is 2. The van der Waals surface area contributed by atoms with Crippen molar-refractivity contribution in [2.24, 2.45) is 11.7 Å². The Hall–Kier alpha value is -1.23. The minimum Gasteiger partial charge on any atom is -0.369 e. The van der Waals surface area contributed by atoms with Gasteiger partial charge in [-0.1, -0.05) is 18.5 Å². The minimum atomic E-state index is -0.252. The summed E-state index contributed by atoms with van der Waals surface area (Å²) >= 11 is 6.09. The molecule has 1 aliphatic rings. The van der Waals surface area contributed by atoms with Crippen LogP contribution in [0.2, 0.25) is 5.02 Å². The largest absolute Gasteiger partial charge is 0.369 e. The van der Waals surface area contributed by atoms with E-state index >= 15 is 0 Å². The highest BCUT2D eigenvalue weighted by molar-refractivity contribution is 6.31. The van der Waals surface area contributed by atoms with Crippen molar-refractivity contribution in [3.05, 3.63) is 34.5 Å². The van der Waals surface area contributed by atoms with Gasteiger partial charge in [-0.3, -0.25) is 4.79 Å². The molecule has 1 aromatic heterocycles. The Bertz CT molecular complexity index is 668. The molecular formula is C15H19Cl2N3O. The summed E-state index contributed by atoms with van der Waals surface area (Å²) in [4.78, 5) is 14.7. The minimum absolute atomic E-state index is 0. The van der Waals surface area contributed by atoms with Gasteiger partial charge >= 0.3 is 0 Å². The van der Waals surface area contributed by atoms with E-state index in [9.17, 15) is 4.79 Å². The topological polar surface area (TPSA) is 70.9 Å². The van der Waals surface area contributed by atoms with E-state index < -0.39 is 0 Å². The summed E-state index contributed by atoms with van der Waals surface area (Å²) in [6.45, 7) is 2.78. The summed E-state index contributed by atoms with van der Waals surface area (Å²) in [5.74, 6) is -0.397. The zero-order chi connectivity index (χ0) is 14.3. The molecule has 4 nitrogen and oxygen atoms in total. The molecule has 4 N–H and O–H groups in total. The highest BCUT2D eigenvalue weighted by atomic mass is 35.5. The maximum Gasteiger partial charge on any atom is 0.220 e. The number of hydrogen-bond donors (Lipinski definition) is 3. The number of hydrogen-bond acceptors (Lipinski definition) is 2. The van der Waals surface area contributed by atoms with E-state index in [1.807, 2.05) is 25.1 Å². The lowest BCUT2D eigenvalue weighted by Crippen LogP contribution is -2.33.